The molecule has 0 aliphatic carbocycles. The summed E-state index contributed by atoms with van der Waals surface area (Å²) in [5.74, 6) is -2.05. The minimum atomic E-state index is -0.885. The first kappa shape index (κ1) is 22.6. The molecule has 9 nitrogen and oxygen atoms in total. The molecule has 30 heavy (non-hydrogen) atoms. The summed E-state index contributed by atoms with van der Waals surface area (Å²) < 4.78 is 4.95. The zero-order valence-electron chi connectivity index (χ0n) is 15.9. The summed E-state index contributed by atoms with van der Waals surface area (Å²) in [6, 6.07) is 11.8. The predicted molar refractivity (Wildman–Crippen MR) is 108 cm³/mol. The fraction of sp³-hybridized carbons (Fsp3) is 0.200. The summed E-state index contributed by atoms with van der Waals surface area (Å²) >= 11 is 1.18. The molecule has 0 saturated heterocycles. The predicted octanol–water partition coefficient (Wildman–Crippen LogP) is 2.73. The summed E-state index contributed by atoms with van der Waals surface area (Å²) in [4.78, 5) is 48.0. The van der Waals surface area contributed by atoms with Gasteiger partial charge in [-0.15, -0.1) is 11.8 Å². The van der Waals surface area contributed by atoms with Gasteiger partial charge in [-0.3, -0.25) is 19.7 Å². The van der Waals surface area contributed by atoms with Gasteiger partial charge in [0.15, 0.2) is 12.4 Å². The number of nitro groups is 1. The average molecular weight is 427 g/mol. The maximum atomic E-state index is 12.9. The van der Waals surface area contributed by atoms with Crippen LogP contribution < -0.4 is 5.32 Å². The highest BCUT2D eigenvalue weighted by molar-refractivity contribution is 7.98. The minimum Gasteiger partial charge on any atom is -0.452 e. The monoisotopic (exact) mass is 427 g/mol. The van der Waals surface area contributed by atoms with Crippen molar-refractivity contribution in [3.63, 3.8) is 0 Å². The Bertz CT molecular complexity index is 1030. The Balaban J connectivity index is 2.22. The van der Waals surface area contributed by atoms with E-state index >= 15 is 0 Å². The van der Waals surface area contributed by atoms with Crippen LogP contribution in [0.1, 0.15) is 32.7 Å². The van der Waals surface area contributed by atoms with E-state index in [4.69, 9.17) is 10.00 Å². The molecule has 0 bridgehead atoms. The minimum absolute atomic E-state index is 0.00131. The van der Waals surface area contributed by atoms with Crippen molar-refractivity contribution in [1.82, 2.24) is 5.32 Å². The van der Waals surface area contributed by atoms with Crippen molar-refractivity contribution >= 4 is 35.1 Å². The lowest BCUT2D eigenvalue weighted by Crippen LogP contribution is -2.29. The van der Waals surface area contributed by atoms with E-state index in [2.05, 4.69) is 5.32 Å². The number of nitrogens with one attached hydrogen (secondary N) is 1. The maximum Gasteiger partial charge on any atom is 0.339 e. The quantitative estimate of drug-likeness (QED) is 0.161. The van der Waals surface area contributed by atoms with Gasteiger partial charge in [0, 0.05) is 23.7 Å². The molecular formula is C20H17N3O6S. The van der Waals surface area contributed by atoms with Crippen molar-refractivity contribution in [2.24, 2.45) is 0 Å². The molecule has 2 aromatic rings. The lowest BCUT2D eigenvalue weighted by molar-refractivity contribution is -0.387. The zero-order chi connectivity index (χ0) is 22.1. The van der Waals surface area contributed by atoms with E-state index in [0.29, 0.717) is 4.90 Å². The molecule has 0 unspecified atom stereocenters. The van der Waals surface area contributed by atoms with Crippen LogP contribution >= 0.6 is 11.8 Å². The number of hydrogen-bond acceptors (Lipinski definition) is 8. The molecule has 0 radical (unpaired) electrons. The molecule has 154 valence electrons. The highest BCUT2D eigenvalue weighted by atomic mass is 32.2. The van der Waals surface area contributed by atoms with Crippen LogP contribution in [0.4, 0.5) is 5.69 Å². The molecule has 1 amide bonds. The third-order valence-electron chi connectivity index (χ3n) is 3.92. The first-order valence-corrected chi connectivity index (χ1v) is 9.88. The average Bonchev–Trinajstić information content (AvgIpc) is 2.76. The number of benzene rings is 2. The first-order chi connectivity index (χ1) is 14.4. The number of ether oxygens (including phenoxy) is 1. The lowest BCUT2D eigenvalue weighted by Gasteiger charge is -2.10. The van der Waals surface area contributed by atoms with Gasteiger partial charge < -0.3 is 10.1 Å². The van der Waals surface area contributed by atoms with Crippen molar-refractivity contribution in [1.29, 1.82) is 5.26 Å². The summed E-state index contributed by atoms with van der Waals surface area (Å²) in [7, 11) is 0. The second-order valence-corrected chi connectivity index (χ2v) is 6.70. The molecule has 0 saturated carbocycles. The van der Waals surface area contributed by atoms with E-state index in [1.165, 1.54) is 48.2 Å². The third-order valence-corrected chi connectivity index (χ3v) is 4.71. The Hall–Kier alpha value is -3.71. The molecule has 0 heterocycles. The van der Waals surface area contributed by atoms with Gasteiger partial charge in [0.2, 0.25) is 0 Å². The summed E-state index contributed by atoms with van der Waals surface area (Å²) in [6.45, 7) is -0.437. The maximum absolute atomic E-state index is 12.9. The van der Waals surface area contributed by atoms with Crippen LogP contribution in [0.2, 0.25) is 0 Å². The number of amides is 1. The highest BCUT2D eigenvalue weighted by Gasteiger charge is 2.22. The Labute approximate surface area is 176 Å². The van der Waals surface area contributed by atoms with Crippen molar-refractivity contribution in [2.75, 3.05) is 19.4 Å². The molecule has 0 fully saturated rings. The number of nitro benzene ring substituents is 1. The summed E-state index contributed by atoms with van der Waals surface area (Å²) in [5.41, 5.74) is -0.223. The lowest BCUT2D eigenvalue weighted by atomic mass is 9.98. The number of rotatable bonds is 9. The molecular weight excluding hydrogens is 410 g/mol. The molecule has 0 aliphatic heterocycles. The largest absolute Gasteiger partial charge is 0.452 e. The second-order valence-electron chi connectivity index (χ2n) is 5.85. The van der Waals surface area contributed by atoms with E-state index in [1.807, 2.05) is 6.07 Å². The van der Waals surface area contributed by atoms with Gasteiger partial charge in [-0.1, -0.05) is 18.2 Å². The van der Waals surface area contributed by atoms with Crippen LogP contribution in [-0.2, 0) is 9.53 Å². The normalized spacial score (nSPS) is 10.0. The van der Waals surface area contributed by atoms with Crippen molar-refractivity contribution in [2.45, 2.75) is 11.3 Å². The fourth-order valence-corrected chi connectivity index (χ4v) is 3.05. The smallest absolute Gasteiger partial charge is 0.339 e. The van der Waals surface area contributed by atoms with Gasteiger partial charge >= 0.3 is 5.97 Å². The van der Waals surface area contributed by atoms with Gasteiger partial charge in [0.05, 0.1) is 27.9 Å². The molecule has 0 spiro atoms. The Morgan fingerprint density at radius 3 is 2.53 bits per heavy atom. The van der Waals surface area contributed by atoms with Gasteiger partial charge in [-0.2, -0.15) is 5.26 Å². The Kier molecular flexibility index (Phi) is 8.08. The van der Waals surface area contributed by atoms with Gasteiger partial charge in [0.25, 0.3) is 11.6 Å². The van der Waals surface area contributed by atoms with Crippen molar-refractivity contribution in [3.05, 3.63) is 69.3 Å². The topological polar surface area (TPSA) is 139 Å². The van der Waals surface area contributed by atoms with Crippen LogP contribution in [0.5, 0.6) is 0 Å². The van der Waals surface area contributed by atoms with Crippen molar-refractivity contribution < 1.29 is 24.0 Å². The zero-order valence-corrected chi connectivity index (χ0v) is 16.7. The Morgan fingerprint density at radius 2 is 1.90 bits per heavy atom. The number of nitriles is 1. The van der Waals surface area contributed by atoms with Crippen LogP contribution in [0.25, 0.3) is 0 Å². The number of esters is 1. The van der Waals surface area contributed by atoms with Crippen LogP contribution in [0.3, 0.4) is 0 Å². The van der Waals surface area contributed by atoms with Gasteiger partial charge in [-0.05, 0) is 24.5 Å². The molecule has 0 atom stereocenters. The van der Waals surface area contributed by atoms with E-state index < -0.39 is 29.2 Å². The van der Waals surface area contributed by atoms with Crippen LogP contribution in [-0.4, -0.2) is 42.0 Å². The molecule has 0 aliphatic rings. The summed E-state index contributed by atoms with van der Waals surface area (Å²) in [6.07, 6.45) is 1.81. The van der Waals surface area contributed by atoms with Crippen molar-refractivity contribution in [3.8, 4) is 6.07 Å². The van der Waals surface area contributed by atoms with Crippen LogP contribution in [0, 0.1) is 21.4 Å². The number of nitrogens with zero attached hydrogens (tertiary/aromatic N) is 2. The van der Waals surface area contributed by atoms with Crippen LogP contribution in [0.15, 0.2) is 47.4 Å². The fourth-order valence-electron chi connectivity index (χ4n) is 2.51. The standard InChI is InChI=1S/C20H17N3O6S/c1-30-17-8-7-13(11-16(17)23(27)28)19(25)14-5-2-3-6-15(14)20(26)29-12-18(24)22-10-4-9-21/h2-3,5-8,11H,4,10,12H2,1H3,(H,22,24). The van der Waals surface area contributed by atoms with Gasteiger partial charge in [0.1, 0.15) is 0 Å². The Morgan fingerprint density at radius 1 is 1.20 bits per heavy atom. The van der Waals surface area contributed by atoms with Gasteiger partial charge in [-0.25, -0.2) is 4.79 Å². The third kappa shape index (κ3) is 5.65. The first-order valence-electron chi connectivity index (χ1n) is 8.66. The number of carbonyl (C=O) groups excluding carboxylic acids is 3. The highest BCUT2D eigenvalue weighted by Crippen LogP contribution is 2.29. The molecule has 2 rings (SSSR count). The van der Waals surface area contributed by atoms with E-state index in [0.717, 1.165) is 0 Å². The number of ketones is 1. The molecule has 2 aromatic carbocycles. The molecule has 1 N–H and O–H groups in total. The molecule has 0 aromatic heterocycles. The number of carbonyl (C=O) groups is 3. The summed E-state index contributed by atoms with van der Waals surface area (Å²) in [5, 5.41) is 22.1. The van der Waals surface area contributed by atoms with E-state index in [-0.39, 0.29) is 35.3 Å². The number of thioether (sulfide) groups is 1. The van der Waals surface area contributed by atoms with E-state index in [1.54, 1.807) is 12.3 Å². The second kappa shape index (κ2) is 10.7. The van der Waals surface area contributed by atoms with E-state index in [9.17, 15) is 24.5 Å². The number of hydrogen-bond donors (Lipinski definition) is 1. The SMILES string of the molecule is CSc1ccc(C(=O)c2ccccc2C(=O)OCC(=O)NCCC#N)cc1[N+](=O)[O-]. The molecule has 10 heteroatoms.